The highest BCUT2D eigenvalue weighted by Gasteiger charge is 2.34. The Morgan fingerprint density at radius 1 is 1.15 bits per heavy atom. The van der Waals surface area contributed by atoms with Crippen LogP contribution in [-0.4, -0.2) is 22.5 Å². The molecule has 0 fully saturated rings. The summed E-state index contributed by atoms with van der Waals surface area (Å²) >= 11 is 6.22. The van der Waals surface area contributed by atoms with Gasteiger partial charge in [-0.1, -0.05) is 29.8 Å². The van der Waals surface area contributed by atoms with E-state index in [1.807, 2.05) is 48.3 Å². The Hall–Kier alpha value is -3.30. The lowest BCUT2D eigenvalue weighted by molar-refractivity contribution is 0.0992. The van der Waals surface area contributed by atoms with E-state index < -0.39 is 0 Å². The Kier molecular flexibility index (Phi) is 3.86. The Bertz CT molecular complexity index is 1040. The van der Waals surface area contributed by atoms with E-state index in [0.717, 1.165) is 5.69 Å². The van der Waals surface area contributed by atoms with Crippen LogP contribution in [0.15, 0.2) is 54.9 Å². The first-order valence-corrected chi connectivity index (χ1v) is 8.34. The lowest BCUT2D eigenvalue weighted by Gasteiger charge is -2.24. The van der Waals surface area contributed by atoms with E-state index in [1.165, 1.54) is 6.33 Å². The molecule has 0 aliphatic carbocycles. The van der Waals surface area contributed by atoms with Gasteiger partial charge in [-0.15, -0.1) is 0 Å². The van der Waals surface area contributed by atoms with Crippen LogP contribution in [0, 0.1) is 11.3 Å². The van der Waals surface area contributed by atoms with Crippen molar-refractivity contribution in [2.75, 3.05) is 16.8 Å². The number of amides is 1. The first kappa shape index (κ1) is 16.2. The quantitative estimate of drug-likeness (QED) is 0.687. The van der Waals surface area contributed by atoms with Crippen molar-refractivity contribution in [1.29, 1.82) is 5.26 Å². The zero-order valence-electron chi connectivity index (χ0n) is 13.9. The molecule has 0 N–H and O–H groups in total. The number of fused-ring (bicyclic) bond motifs is 2. The average Bonchev–Trinajstić information content (AvgIpc) is 3.03. The van der Waals surface area contributed by atoms with Gasteiger partial charge in [-0.25, -0.2) is 4.98 Å². The molecule has 2 aromatic carbocycles. The molecule has 0 atom stereocenters. The Balaban J connectivity index is 2.02. The molecule has 3 aromatic rings. The first-order chi connectivity index (χ1) is 12.6. The molecule has 0 saturated carbocycles. The van der Waals surface area contributed by atoms with Crippen molar-refractivity contribution >= 4 is 40.4 Å². The largest absolute Gasteiger partial charge is 0.326 e. The van der Waals surface area contributed by atoms with Crippen LogP contribution in [0.5, 0.6) is 0 Å². The molecule has 1 amide bonds. The van der Waals surface area contributed by atoms with Crippen molar-refractivity contribution in [2.45, 2.75) is 6.54 Å². The van der Waals surface area contributed by atoms with E-state index in [0.29, 0.717) is 27.9 Å². The number of anilines is 4. The number of nitrogens with zero attached hydrogens (tertiary/aromatic N) is 5. The first-order valence-electron chi connectivity index (χ1n) is 7.96. The zero-order chi connectivity index (χ0) is 18.3. The summed E-state index contributed by atoms with van der Waals surface area (Å²) in [7, 11) is 1.84. The average molecular weight is 364 g/mol. The molecular weight excluding hydrogens is 350 g/mol. The third-order valence-electron chi connectivity index (χ3n) is 4.34. The van der Waals surface area contributed by atoms with Gasteiger partial charge in [-0.2, -0.15) is 5.26 Å². The van der Waals surface area contributed by atoms with Crippen LogP contribution in [0.4, 0.5) is 22.9 Å². The van der Waals surface area contributed by atoms with E-state index in [1.54, 1.807) is 21.6 Å². The smallest absolute Gasteiger partial charge is 0.283 e. The predicted molar refractivity (Wildman–Crippen MR) is 100 cm³/mol. The number of nitriles is 1. The van der Waals surface area contributed by atoms with Crippen LogP contribution in [0.3, 0.4) is 0 Å². The summed E-state index contributed by atoms with van der Waals surface area (Å²) in [5.41, 5.74) is 2.54. The Morgan fingerprint density at radius 2 is 1.92 bits per heavy atom. The van der Waals surface area contributed by atoms with Crippen molar-refractivity contribution in [3.63, 3.8) is 0 Å². The van der Waals surface area contributed by atoms with Crippen molar-refractivity contribution in [2.24, 2.45) is 0 Å². The van der Waals surface area contributed by atoms with Gasteiger partial charge in [-0.05, 0) is 30.3 Å². The molecule has 0 radical (unpaired) electrons. The molecular formula is C19H14ClN5O. The van der Waals surface area contributed by atoms with Gasteiger partial charge in [-0.3, -0.25) is 9.69 Å². The zero-order valence-corrected chi connectivity index (χ0v) is 14.7. The fourth-order valence-electron chi connectivity index (χ4n) is 3.15. The summed E-state index contributed by atoms with van der Waals surface area (Å²) in [6.45, 7) is 0.0433. The second-order valence-electron chi connectivity index (χ2n) is 5.87. The van der Waals surface area contributed by atoms with Crippen molar-refractivity contribution < 1.29 is 4.79 Å². The van der Waals surface area contributed by atoms with Gasteiger partial charge in [0.15, 0.2) is 11.5 Å². The number of carbonyl (C=O) groups is 1. The van der Waals surface area contributed by atoms with Crippen molar-refractivity contribution in [1.82, 2.24) is 9.55 Å². The number of para-hydroxylation sites is 1. The SMILES string of the molecule is CN1c2ccc(Cl)cc2N(c2ccccc2)C(=O)c2c1ncn2CC#N. The van der Waals surface area contributed by atoms with Gasteiger partial charge in [0.25, 0.3) is 5.91 Å². The maximum atomic E-state index is 13.5. The number of hydrogen-bond donors (Lipinski definition) is 0. The number of carbonyl (C=O) groups excluding carboxylic acids is 1. The van der Waals surface area contributed by atoms with Gasteiger partial charge < -0.3 is 9.47 Å². The van der Waals surface area contributed by atoms with Crippen LogP contribution in [0.1, 0.15) is 10.5 Å². The molecule has 128 valence electrons. The van der Waals surface area contributed by atoms with E-state index in [2.05, 4.69) is 11.1 Å². The fourth-order valence-corrected chi connectivity index (χ4v) is 3.32. The van der Waals surface area contributed by atoms with Gasteiger partial charge in [0.2, 0.25) is 0 Å². The Morgan fingerprint density at radius 3 is 2.65 bits per heavy atom. The molecule has 0 bridgehead atoms. The third kappa shape index (κ3) is 2.41. The molecule has 1 aromatic heterocycles. The summed E-state index contributed by atoms with van der Waals surface area (Å²) in [4.78, 5) is 21.3. The standard InChI is InChI=1S/C19H14ClN5O/c1-23-15-8-7-13(20)11-16(15)25(14-5-3-2-4-6-14)19(26)17-18(23)22-12-24(17)10-9-21/h2-8,11-12H,10H2,1H3. The summed E-state index contributed by atoms with van der Waals surface area (Å²) < 4.78 is 1.57. The van der Waals surface area contributed by atoms with Crippen LogP contribution < -0.4 is 9.80 Å². The van der Waals surface area contributed by atoms with Crippen LogP contribution in [0.2, 0.25) is 5.02 Å². The highest BCUT2D eigenvalue weighted by atomic mass is 35.5. The molecule has 7 heteroatoms. The van der Waals surface area contributed by atoms with Crippen LogP contribution in [-0.2, 0) is 6.54 Å². The molecule has 1 aliphatic heterocycles. The molecule has 6 nitrogen and oxygen atoms in total. The van der Waals surface area contributed by atoms with E-state index >= 15 is 0 Å². The minimum Gasteiger partial charge on any atom is -0.326 e. The second kappa shape index (κ2) is 6.21. The van der Waals surface area contributed by atoms with Crippen molar-refractivity contribution in [3.8, 4) is 6.07 Å². The topological polar surface area (TPSA) is 65.2 Å². The highest BCUT2D eigenvalue weighted by Crippen LogP contribution is 2.43. The number of imidazole rings is 1. The van der Waals surface area contributed by atoms with Crippen molar-refractivity contribution in [3.05, 3.63) is 65.6 Å². The van der Waals surface area contributed by atoms with E-state index in [9.17, 15) is 4.79 Å². The minimum atomic E-state index is -0.258. The fraction of sp³-hybridized carbons (Fsp3) is 0.105. The molecule has 26 heavy (non-hydrogen) atoms. The molecule has 0 saturated heterocycles. The van der Waals surface area contributed by atoms with E-state index in [4.69, 9.17) is 16.9 Å². The van der Waals surface area contributed by atoms with Crippen LogP contribution in [0.25, 0.3) is 0 Å². The van der Waals surface area contributed by atoms with Crippen LogP contribution >= 0.6 is 11.6 Å². The molecule has 0 spiro atoms. The normalized spacial score (nSPS) is 13.0. The summed E-state index contributed by atoms with van der Waals surface area (Å²) in [6.07, 6.45) is 1.52. The number of halogens is 1. The summed E-state index contributed by atoms with van der Waals surface area (Å²) in [5.74, 6) is 0.249. The highest BCUT2D eigenvalue weighted by molar-refractivity contribution is 6.31. The molecule has 4 rings (SSSR count). The molecule has 2 heterocycles. The van der Waals surface area contributed by atoms with Gasteiger partial charge in [0.05, 0.1) is 23.8 Å². The molecule has 1 aliphatic rings. The molecule has 0 unspecified atom stereocenters. The maximum Gasteiger partial charge on any atom is 0.283 e. The predicted octanol–water partition coefficient (Wildman–Crippen LogP) is 4.12. The van der Waals surface area contributed by atoms with Gasteiger partial charge in [0, 0.05) is 17.8 Å². The summed E-state index contributed by atoms with van der Waals surface area (Å²) in [5, 5.41) is 9.63. The minimum absolute atomic E-state index is 0.0433. The number of hydrogen-bond acceptors (Lipinski definition) is 4. The third-order valence-corrected chi connectivity index (χ3v) is 4.57. The number of benzene rings is 2. The Labute approximate surface area is 155 Å². The number of aromatic nitrogens is 2. The van der Waals surface area contributed by atoms with Gasteiger partial charge in [0.1, 0.15) is 6.54 Å². The monoisotopic (exact) mass is 363 g/mol. The van der Waals surface area contributed by atoms with E-state index in [-0.39, 0.29) is 12.5 Å². The lowest BCUT2D eigenvalue weighted by Crippen LogP contribution is -2.27. The number of rotatable bonds is 2. The second-order valence-corrected chi connectivity index (χ2v) is 6.31. The van der Waals surface area contributed by atoms with Gasteiger partial charge >= 0.3 is 0 Å². The summed E-state index contributed by atoms with van der Waals surface area (Å²) in [6, 6.07) is 16.8. The lowest BCUT2D eigenvalue weighted by atomic mass is 10.2. The maximum absolute atomic E-state index is 13.5.